The van der Waals surface area contributed by atoms with Crippen LogP contribution >= 0.6 is 11.3 Å². The SMILES string of the molecule is c1ccc(N(c2ccccc2)c2ccc(-c3ccc(-c4cccc5ccccc45)s3)cc2)cc1. The molecule has 0 radical (unpaired) electrons. The van der Waals surface area contributed by atoms with E-state index in [4.69, 9.17) is 0 Å². The Kier molecular flexibility index (Phi) is 5.42. The van der Waals surface area contributed by atoms with E-state index in [1.165, 1.54) is 31.7 Å². The third kappa shape index (κ3) is 3.89. The van der Waals surface area contributed by atoms with Gasteiger partial charge in [-0.3, -0.25) is 0 Å². The van der Waals surface area contributed by atoms with Crippen molar-refractivity contribution in [2.24, 2.45) is 0 Å². The van der Waals surface area contributed by atoms with Crippen molar-refractivity contribution >= 4 is 39.2 Å². The summed E-state index contributed by atoms with van der Waals surface area (Å²) in [6.45, 7) is 0. The molecule has 0 atom stereocenters. The Labute approximate surface area is 204 Å². The molecule has 0 saturated heterocycles. The van der Waals surface area contributed by atoms with Gasteiger partial charge >= 0.3 is 0 Å². The van der Waals surface area contributed by atoms with Crippen LogP contribution in [-0.2, 0) is 0 Å². The second-order valence-electron chi connectivity index (χ2n) is 8.24. The van der Waals surface area contributed by atoms with Crippen molar-refractivity contribution in [2.75, 3.05) is 4.90 Å². The second-order valence-corrected chi connectivity index (χ2v) is 9.33. The molecule has 1 nitrogen and oxygen atoms in total. The van der Waals surface area contributed by atoms with Gasteiger partial charge in [-0.15, -0.1) is 11.3 Å². The average molecular weight is 454 g/mol. The van der Waals surface area contributed by atoms with Crippen molar-refractivity contribution in [1.82, 2.24) is 0 Å². The number of anilines is 3. The minimum absolute atomic E-state index is 1.15. The zero-order valence-corrected chi connectivity index (χ0v) is 19.5. The highest BCUT2D eigenvalue weighted by Crippen LogP contribution is 2.39. The van der Waals surface area contributed by atoms with Gasteiger partial charge in [-0.05, 0) is 70.4 Å². The van der Waals surface area contributed by atoms with Crippen molar-refractivity contribution < 1.29 is 0 Å². The van der Waals surface area contributed by atoms with Crippen molar-refractivity contribution in [2.45, 2.75) is 0 Å². The van der Waals surface area contributed by atoms with Crippen molar-refractivity contribution in [3.8, 4) is 20.9 Å². The van der Waals surface area contributed by atoms with E-state index < -0.39 is 0 Å². The first-order valence-electron chi connectivity index (χ1n) is 11.5. The molecule has 0 saturated carbocycles. The molecule has 5 aromatic carbocycles. The van der Waals surface area contributed by atoms with Crippen LogP contribution in [0.5, 0.6) is 0 Å². The Morgan fingerprint density at radius 2 is 0.971 bits per heavy atom. The first kappa shape index (κ1) is 20.5. The molecule has 0 aliphatic heterocycles. The number of hydrogen-bond acceptors (Lipinski definition) is 2. The zero-order chi connectivity index (χ0) is 22.7. The summed E-state index contributed by atoms with van der Waals surface area (Å²) < 4.78 is 0. The summed E-state index contributed by atoms with van der Waals surface area (Å²) >= 11 is 1.85. The highest BCUT2D eigenvalue weighted by atomic mass is 32.1. The Morgan fingerprint density at radius 1 is 0.412 bits per heavy atom. The maximum Gasteiger partial charge on any atom is 0.0462 e. The fraction of sp³-hybridized carbons (Fsp3) is 0. The summed E-state index contributed by atoms with van der Waals surface area (Å²) in [6, 6.07) is 49.6. The summed E-state index contributed by atoms with van der Waals surface area (Å²) in [4.78, 5) is 4.87. The van der Waals surface area contributed by atoms with Gasteiger partial charge in [0.1, 0.15) is 0 Å². The number of para-hydroxylation sites is 2. The van der Waals surface area contributed by atoms with Gasteiger partial charge in [-0.1, -0.05) is 91.0 Å². The molecule has 0 aliphatic carbocycles. The number of thiophene rings is 1. The molecule has 0 unspecified atom stereocenters. The summed E-state index contributed by atoms with van der Waals surface area (Å²) in [7, 11) is 0. The maximum atomic E-state index is 2.29. The van der Waals surface area contributed by atoms with Gasteiger partial charge in [0.05, 0.1) is 0 Å². The fourth-order valence-electron chi connectivity index (χ4n) is 4.45. The summed E-state index contributed by atoms with van der Waals surface area (Å²) in [5, 5.41) is 2.58. The van der Waals surface area contributed by atoms with Crippen LogP contribution < -0.4 is 4.90 Å². The highest BCUT2D eigenvalue weighted by molar-refractivity contribution is 7.18. The third-order valence-corrected chi connectivity index (χ3v) is 7.27. The van der Waals surface area contributed by atoms with Gasteiger partial charge in [0, 0.05) is 26.8 Å². The lowest BCUT2D eigenvalue weighted by Gasteiger charge is -2.25. The number of nitrogens with zero attached hydrogens (tertiary/aromatic N) is 1. The van der Waals surface area contributed by atoms with E-state index in [1.807, 2.05) is 11.3 Å². The topological polar surface area (TPSA) is 3.24 Å². The summed E-state index contributed by atoms with van der Waals surface area (Å²) in [5.74, 6) is 0. The average Bonchev–Trinajstić information content (AvgIpc) is 3.40. The van der Waals surface area contributed by atoms with E-state index in [0.717, 1.165) is 17.1 Å². The number of hydrogen-bond donors (Lipinski definition) is 0. The Hall–Kier alpha value is -4.14. The molecule has 1 aromatic heterocycles. The Bertz CT molecular complexity index is 1490. The van der Waals surface area contributed by atoms with E-state index in [2.05, 4.69) is 144 Å². The van der Waals surface area contributed by atoms with Gasteiger partial charge in [0.25, 0.3) is 0 Å². The number of fused-ring (bicyclic) bond motifs is 1. The lowest BCUT2D eigenvalue weighted by atomic mass is 10.0. The Morgan fingerprint density at radius 3 is 1.68 bits per heavy atom. The monoisotopic (exact) mass is 453 g/mol. The molecule has 6 aromatic rings. The molecule has 0 amide bonds. The quantitative estimate of drug-likeness (QED) is 0.251. The van der Waals surface area contributed by atoms with Crippen molar-refractivity contribution in [3.05, 3.63) is 140 Å². The molecular formula is C32H23NS. The van der Waals surface area contributed by atoms with Crippen molar-refractivity contribution in [1.29, 1.82) is 0 Å². The normalized spacial score (nSPS) is 10.9. The lowest BCUT2D eigenvalue weighted by molar-refractivity contribution is 1.28. The molecule has 0 spiro atoms. The summed E-state index contributed by atoms with van der Waals surface area (Å²) in [5.41, 5.74) is 5.98. The van der Waals surface area contributed by atoms with Crippen LogP contribution in [0.15, 0.2) is 140 Å². The smallest absolute Gasteiger partial charge is 0.0462 e. The largest absolute Gasteiger partial charge is 0.311 e. The molecule has 0 N–H and O–H groups in total. The zero-order valence-electron chi connectivity index (χ0n) is 18.6. The van der Waals surface area contributed by atoms with E-state index in [1.54, 1.807) is 0 Å². The first-order valence-corrected chi connectivity index (χ1v) is 12.3. The predicted octanol–water partition coefficient (Wildman–Crippen LogP) is 9.71. The van der Waals surface area contributed by atoms with Crippen LogP contribution in [0.2, 0.25) is 0 Å². The molecule has 2 heteroatoms. The van der Waals surface area contributed by atoms with Crippen LogP contribution in [0.1, 0.15) is 0 Å². The minimum Gasteiger partial charge on any atom is -0.311 e. The van der Waals surface area contributed by atoms with E-state index in [-0.39, 0.29) is 0 Å². The first-order chi connectivity index (χ1) is 16.9. The van der Waals surface area contributed by atoms with Crippen LogP contribution in [0.3, 0.4) is 0 Å². The molecule has 1 heterocycles. The van der Waals surface area contributed by atoms with E-state index in [0.29, 0.717) is 0 Å². The molecule has 162 valence electrons. The lowest BCUT2D eigenvalue weighted by Crippen LogP contribution is -2.09. The van der Waals surface area contributed by atoms with Gasteiger partial charge in [-0.25, -0.2) is 0 Å². The maximum absolute atomic E-state index is 2.29. The van der Waals surface area contributed by atoms with Crippen molar-refractivity contribution in [3.63, 3.8) is 0 Å². The molecule has 6 rings (SSSR count). The van der Waals surface area contributed by atoms with Gasteiger partial charge < -0.3 is 4.90 Å². The van der Waals surface area contributed by atoms with E-state index in [9.17, 15) is 0 Å². The van der Waals surface area contributed by atoms with E-state index >= 15 is 0 Å². The summed E-state index contributed by atoms with van der Waals surface area (Å²) in [6.07, 6.45) is 0. The molecule has 0 aliphatic rings. The standard InChI is InChI=1S/C32H23NS/c1-3-12-26(13-4-1)33(27-14-5-2-6-15-27)28-20-18-25(19-21-28)31-22-23-32(34-31)30-17-9-11-24-10-7-8-16-29(24)30/h1-23H. The third-order valence-electron chi connectivity index (χ3n) is 6.10. The van der Waals surface area contributed by atoms with Gasteiger partial charge in [0.2, 0.25) is 0 Å². The predicted molar refractivity (Wildman–Crippen MR) is 147 cm³/mol. The minimum atomic E-state index is 1.15. The Balaban J connectivity index is 1.35. The molecular weight excluding hydrogens is 430 g/mol. The van der Waals surface area contributed by atoms with Gasteiger partial charge in [0.15, 0.2) is 0 Å². The number of benzene rings is 5. The second kappa shape index (κ2) is 9.01. The number of rotatable bonds is 5. The van der Waals surface area contributed by atoms with Gasteiger partial charge in [-0.2, -0.15) is 0 Å². The fourth-order valence-corrected chi connectivity index (χ4v) is 5.51. The molecule has 0 bridgehead atoms. The van der Waals surface area contributed by atoms with Crippen LogP contribution in [-0.4, -0.2) is 0 Å². The highest BCUT2D eigenvalue weighted by Gasteiger charge is 2.13. The molecule has 0 fully saturated rings. The van der Waals surface area contributed by atoms with Crippen LogP contribution in [0, 0.1) is 0 Å². The molecule has 34 heavy (non-hydrogen) atoms. The van der Waals surface area contributed by atoms with Crippen LogP contribution in [0.4, 0.5) is 17.1 Å². The van der Waals surface area contributed by atoms with Crippen LogP contribution in [0.25, 0.3) is 31.7 Å².